The Labute approximate surface area is 282 Å². The van der Waals surface area contributed by atoms with Gasteiger partial charge in [0.25, 0.3) is 0 Å². The van der Waals surface area contributed by atoms with Crippen LogP contribution in [-0.4, -0.2) is 80.0 Å². The number of carbonyl (C=O) groups excluding carboxylic acids is 4. The lowest BCUT2D eigenvalue weighted by molar-refractivity contribution is -0.144. The van der Waals surface area contributed by atoms with Crippen LogP contribution in [0.5, 0.6) is 0 Å². The maximum absolute atomic E-state index is 14.0. The highest BCUT2D eigenvalue weighted by atomic mass is 28.4. The molecule has 3 amide bonds. The highest BCUT2D eigenvalue weighted by Crippen LogP contribution is 2.37. The molecule has 2 rings (SSSR count). The third kappa shape index (κ3) is 12.1. The van der Waals surface area contributed by atoms with Crippen molar-refractivity contribution in [1.82, 2.24) is 15.5 Å². The van der Waals surface area contributed by atoms with E-state index in [-0.39, 0.29) is 42.9 Å². The number of esters is 1. The van der Waals surface area contributed by atoms with Crippen molar-refractivity contribution in [1.29, 1.82) is 0 Å². The Morgan fingerprint density at radius 1 is 1.02 bits per heavy atom. The predicted octanol–water partition coefficient (Wildman–Crippen LogP) is 4.85. The van der Waals surface area contributed by atoms with Gasteiger partial charge in [0.1, 0.15) is 12.1 Å². The molecule has 1 aliphatic rings. The van der Waals surface area contributed by atoms with Crippen molar-refractivity contribution < 1.29 is 33.4 Å². The van der Waals surface area contributed by atoms with E-state index in [4.69, 9.17) is 15.6 Å². The molecule has 11 heteroatoms. The topological polar surface area (TPSA) is 134 Å². The number of amides is 3. The SMILES string of the molecule is C#Cc1ccc([C@H](CO[Si](C)(C)C(C)(C)C)NC(=O)[C@@H]2C[C@@H](O)CN2C(=O)C(NC(=O)CCCCCC(=O)OCC)C(C)(C)C)cc1. The number of nitrogens with zero attached hydrogens (tertiary/aromatic N) is 1. The van der Waals surface area contributed by atoms with Crippen LogP contribution in [0.2, 0.25) is 18.1 Å². The summed E-state index contributed by atoms with van der Waals surface area (Å²) in [4.78, 5) is 53.8. The van der Waals surface area contributed by atoms with Crippen molar-refractivity contribution in [3.8, 4) is 12.3 Å². The van der Waals surface area contributed by atoms with Crippen LogP contribution in [0.3, 0.4) is 0 Å². The van der Waals surface area contributed by atoms with Crippen LogP contribution in [-0.2, 0) is 28.3 Å². The smallest absolute Gasteiger partial charge is 0.305 e. The molecule has 1 unspecified atom stereocenters. The van der Waals surface area contributed by atoms with Crippen molar-refractivity contribution in [2.45, 2.75) is 129 Å². The van der Waals surface area contributed by atoms with E-state index in [0.717, 1.165) is 5.56 Å². The minimum absolute atomic E-state index is 0.0186. The van der Waals surface area contributed by atoms with Crippen molar-refractivity contribution in [3.63, 3.8) is 0 Å². The Kier molecular flexibility index (Phi) is 14.7. The number of benzene rings is 1. The molecule has 10 nitrogen and oxygen atoms in total. The molecule has 47 heavy (non-hydrogen) atoms. The number of likely N-dealkylation sites (tertiary alicyclic amines) is 1. The standard InChI is InChI=1S/C36H57N3O7Si/c1-11-25-18-20-26(21-19-25)28(24-46-47(9,10)36(6,7)8)37-33(43)29-22-27(40)23-39(29)34(44)32(35(3,4)5)38-30(41)16-14-13-15-17-31(42)45-12-2/h1,18-21,27-29,32,40H,12-17,22-24H2,2-10H3,(H,37,43)(H,38,41)/t27-,28+,29+,32?/m1/s1. The van der Waals surface area contributed by atoms with Crippen LogP contribution in [0.15, 0.2) is 24.3 Å². The lowest BCUT2D eigenvalue weighted by Crippen LogP contribution is -2.58. The molecular weight excluding hydrogens is 614 g/mol. The van der Waals surface area contributed by atoms with Crippen LogP contribution in [0.1, 0.15) is 104 Å². The number of aliphatic hydroxyl groups is 1. The third-order valence-corrected chi connectivity index (χ3v) is 13.6. The van der Waals surface area contributed by atoms with E-state index < -0.39 is 49.8 Å². The van der Waals surface area contributed by atoms with E-state index in [1.807, 2.05) is 45.0 Å². The number of rotatable bonds is 15. The third-order valence-electron chi connectivity index (χ3n) is 9.09. The number of aliphatic hydroxyl groups excluding tert-OH is 1. The number of nitrogens with one attached hydrogen (secondary N) is 2. The first-order valence-corrected chi connectivity index (χ1v) is 19.7. The van der Waals surface area contributed by atoms with Gasteiger partial charge in [0, 0.05) is 31.4 Å². The molecule has 4 atom stereocenters. The Morgan fingerprint density at radius 2 is 1.64 bits per heavy atom. The number of carbonyl (C=O) groups is 4. The summed E-state index contributed by atoms with van der Waals surface area (Å²) in [5.74, 6) is 1.25. The molecule has 1 aromatic carbocycles. The van der Waals surface area contributed by atoms with E-state index in [0.29, 0.717) is 37.9 Å². The highest BCUT2D eigenvalue weighted by Gasteiger charge is 2.45. The zero-order chi connectivity index (χ0) is 35.6. The van der Waals surface area contributed by atoms with Gasteiger partial charge in [0.15, 0.2) is 8.32 Å². The summed E-state index contributed by atoms with van der Waals surface area (Å²) in [6.45, 7) is 18.6. The van der Waals surface area contributed by atoms with Crippen molar-refractivity contribution in [3.05, 3.63) is 35.4 Å². The molecule has 1 aliphatic heterocycles. The van der Waals surface area contributed by atoms with E-state index >= 15 is 0 Å². The molecule has 0 saturated carbocycles. The van der Waals surface area contributed by atoms with Gasteiger partial charge in [-0.2, -0.15) is 0 Å². The lowest BCUT2D eigenvalue weighted by atomic mass is 9.85. The van der Waals surface area contributed by atoms with E-state index in [1.54, 1.807) is 6.92 Å². The second-order valence-corrected chi connectivity index (χ2v) is 19.8. The van der Waals surface area contributed by atoms with E-state index in [1.165, 1.54) is 4.90 Å². The van der Waals surface area contributed by atoms with E-state index in [9.17, 15) is 24.3 Å². The van der Waals surface area contributed by atoms with Gasteiger partial charge in [-0.15, -0.1) is 6.42 Å². The van der Waals surface area contributed by atoms with Crippen molar-refractivity contribution in [2.24, 2.45) is 5.41 Å². The fraction of sp³-hybridized carbons (Fsp3) is 0.667. The molecule has 1 heterocycles. The van der Waals surface area contributed by atoms with Crippen LogP contribution >= 0.6 is 0 Å². The lowest BCUT2D eigenvalue weighted by Gasteiger charge is -2.38. The first-order valence-electron chi connectivity index (χ1n) is 16.7. The quantitative estimate of drug-likeness (QED) is 0.105. The summed E-state index contributed by atoms with van der Waals surface area (Å²) in [7, 11) is -2.17. The largest absolute Gasteiger partial charge is 0.466 e. The van der Waals surface area contributed by atoms with Gasteiger partial charge < -0.3 is 29.8 Å². The minimum Gasteiger partial charge on any atom is -0.466 e. The van der Waals surface area contributed by atoms with Crippen LogP contribution in [0.4, 0.5) is 0 Å². The molecule has 1 fully saturated rings. The molecule has 262 valence electrons. The molecule has 1 aromatic rings. The Bertz CT molecular complexity index is 1260. The summed E-state index contributed by atoms with van der Waals surface area (Å²) in [5, 5.41) is 16.6. The maximum atomic E-state index is 14.0. The molecule has 0 bridgehead atoms. The van der Waals surface area contributed by atoms with Gasteiger partial charge in [-0.1, -0.05) is 66.0 Å². The summed E-state index contributed by atoms with van der Waals surface area (Å²) in [6, 6.07) is 5.00. The highest BCUT2D eigenvalue weighted by molar-refractivity contribution is 6.74. The predicted molar refractivity (Wildman–Crippen MR) is 186 cm³/mol. The van der Waals surface area contributed by atoms with Crippen LogP contribution in [0.25, 0.3) is 0 Å². The maximum Gasteiger partial charge on any atom is 0.305 e. The van der Waals surface area contributed by atoms with E-state index in [2.05, 4.69) is 50.4 Å². The average Bonchev–Trinajstić information content (AvgIpc) is 3.38. The summed E-state index contributed by atoms with van der Waals surface area (Å²) < 4.78 is 11.4. The summed E-state index contributed by atoms with van der Waals surface area (Å²) in [6.07, 6.45) is 7.10. The van der Waals surface area contributed by atoms with Crippen LogP contribution < -0.4 is 10.6 Å². The van der Waals surface area contributed by atoms with Gasteiger partial charge in [-0.3, -0.25) is 19.2 Å². The molecule has 0 aliphatic carbocycles. The zero-order valence-corrected chi connectivity index (χ0v) is 30.9. The number of ether oxygens (including phenoxy) is 1. The van der Waals surface area contributed by atoms with Crippen LogP contribution in [0, 0.1) is 17.8 Å². The molecule has 0 spiro atoms. The van der Waals surface area contributed by atoms with Gasteiger partial charge >= 0.3 is 5.97 Å². The minimum atomic E-state index is -2.17. The van der Waals surface area contributed by atoms with Crippen molar-refractivity contribution >= 4 is 32.0 Å². The first-order chi connectivity index (χ1) is 21.8. The fourth-order valence-electron chi connectivity index (χ4n) is 5.13. The molecule has 3 N–H and O–H groups in total. The monoisotopic (exact) mass is 671 g/mol. The Hall–Kier alpha value is -3.20. The first kappa shape index (κ1) is 40.0. The second kappa shape index (κ2) is 17.3. The molecule has 1 saturated heterocycles. The Morgan fingerprint density at radius 3 is 2.19 bits per heavy atom. The molecular formula is C36H57N3O7Si. The molecule has 0 radical (unpaired) electrons. The van der Waals surface area contributed by atoms with Gasteiger partial charge in [0.2, 0.25) is 17.7 Å². The van der Waals surface area contributed by atoms with Gasteiger partial charge in [0.05, 0.1) is 25.4 Å². The number of terminal acetylenes is 1. The second-order valence-electron chi connectivity index (χ2n) is 15.0. The number of hydrogen-bond donors (Lipinski definition) is 3. The van der Waals surface area contributed by atoms with Gasteiger partial charge in [-0.05, 0) is 61.0 Å². The zero-order valence-electron chi connectivity index (χ0n) is 29.9. The summed E-state index contributed by atoms with van der Waals surface area (Å²) in [5.41, 5.74) is 0.866. The normalized spacial score (nSPS) is 18.2. The number of hydrogen-bond acceptors (Lipinski definition) is 7. The Balaban J connectivity index is 2.19. The van der Waals surface area contributed by atoms with Gasteiger partial charge in [-0.25, -0.2) is 0 Å². The number of β-amino-alcohol motifs (C(OH)–C–C–N with tert-alkyl or cyclic N) is 1. The van der Waals surface area contributed by atoms with Crippen molar-refractivity contribution in [2.75, 3.05) is 19.8 Å². The number of unbranched alkanes of at least 4 members (excludes halogenated alkanes) is 2. The molecule has 0 aromatic heterocycles. The summed E-state index contributed by atoms with van der Waals surface area (Å²) >= 11 is 0. The fourth-order valence-corrected chi connectivity index (χ4v) is 6.14. The average molecular weight is 672 g/mol.